The van der Waals surface area contributed by atoms with E-state index < -0.39 is 23.4 Å². The number of benzene rings is 2. The van der Waals surface area contributed by atoms with Crippen LogP contribution in [0.3, 0.4) is 0 Å². The Labute approximate surface area is 240 Å². The Morgan fingerprint density at radius 1 is 1.12 bits per heavy atom. The predicted octanol–water partition coefficient (Wildman–Crippen LogP) is 7.15. The molecule has 2 amide bonds. The maximum atomic E-state index is 13.5. The van der Waals surface area contributed by atoms with Crippen LogP contribution in [-0.2, 0) is 22.2 Å². The van der Waals surface area contributed by atoms with Gasteiger partial charge >= 0.3 is 12.3 Å². The first-order valence-corrected chi connectivity index (χ1v) is 13.9. The van der Waals surface area contributed by atoms with Gasteiger partial charge in [0.2, 0.25) is 0 Å². The summed E-state index contributed by atoms with van der Waals surface area (Å²) in [5.74, 6) is -0.258. The van der Waals surface area contributed by atoms with Gasteiger partial charge in [0, 0.05) is 6.54 Å². The van der Waals surface area contributed by atoms with Crippen molar-refractivity contribution in [1.82, 2.24) is 15.6 Å². The SMILES string of the molecule is C[C@@H](NC(=O)c1cnc(C2=CCOCC2)s1)c1ccc(-c2cc(C(F)(F)F)ccc2CNC(=O)OC(C)(C)C)cc1. The van der Waals surface area contributed by atoms with Gasteiger partial charge in [0.05, 0.1) is 31.0 Å². The lowest BCUT2D eigenvalue weighted by Gasteiger charge is -2.20. The summed E-state index contributed by atoms with van der Waals surface area (Å²) in [6.45, 7) is 8.14. The predicted molar refractivity (Wildman–Crippen MR) is 151 cm³/mol. The van der Waals surface area contributed by atoms with Crippen molar-refractivity contribution in [3.63, 3.8) is 0 Å². The maximum absolute atomic E-state index is 13.5. The molecule has 41 heavy (non-hydrogen) atoms. The number of nitrogens with one attached hydrogen (secondary N) is 2. The van der Waals surface area contributed by atoms with Crippen LogP contribution < -0.4 is 10.6 Å². The number of ether oxygens (including phenoxy) is 2. The number of aromatic nitrogens is 1. The van der Waals surface area contributed by atoms with Crippen molar-refractivity contribution in [2.45, 2.75) is 58.5 Å². The van der Waals surface area contributed by atoms with E-state index in [-0.39, 0.29) is 18.5 Å². The summed E-state index contributed by atoms with van der Waals surface area (Å²) in [6.07, 6.45) is -0.912. The summed E-state index contributed by atoms with van der Waals surface area (Å²) in [4.78, 5) is 29.9. The van der Waals surface area contributed by atoms with Gasteiger partial charge in [-0.1, -0.05) is 36.4 Å². The highest BCUT2D eigenvalue weighted by atomic mass is 32.1. The number of rotatable bonds is 7. The van der Waals surface area contributed by atoms with Crippen LogP contribution in [0.1, 0.15) is 71.5 Å². The summed E-state index contributed by atoms with van der Waals surface area (Å²) in [5.41, 5.74) is 1.71. The summed E-state index contributed by atoms with van der Waals surface area (Å²) in [7, 11) is 0. The van der Waals surface area contributed by atoms with Gasteiger partial charge in [-0.15, -0.1) is 11.3 Å². The van der Waals surface area contributed by atoms with Gasteiger partial charge in [-0.05, 0) is 74.1 Å². The number of carbonyl (C=O) groups excluding carboxylic acids is 2. The highest BCUT2D eigenvalue weighted by Crippen LogP contribution is 2.35. The number of alkyl carbamates (subject to hydrolysis) is 1. The van der Waals surface area contributed by atoms with Crippen molar-refractivity contribution < 1.29 is 32.2 Å². The average Bonchev–Trinajstić information content (AvgIpc) is 3.42. The summed E-state index contributed by atoms with van der Waals surface area (Å²) in [5, 5.41) is 6.37. The second kappa shape index (κ2) is 12.4. The Morgan fingerprint density at radius 3 is 2.49 bits per heavy atom. The number of nitrogens with zero attached hydrogens (tertiary/aromatic N) is 1. The van der Waals surface area contributed by atoms with Gasteiger partial charge in [-0.3, -0.25) is 4.79 Å². The third-order valence-electron chi connectivity index (χ3n) is 6.30. The lowest BCUT2D eigenvalue weighted by molar-refractivity contribution is -0.137. The number of hydrogen-bond acceptors (Lipinski definition) is 6. The monoisotopic (exact) mass is 587 g/mol. The number of hydrogen-bond donors (Lipinski definition) is 2. The molecule has 2 N–H and O–H groups in total. The fraction of sp³-hybridized carbons (Fsp3) is 0.367. The fourth-order valence-electron chi connectivity index (χ4n) is 4.21. The minimum absolute atomic E-state index is 0.0165. The Morgan fingerprint density at radius 2 is 1.85 bits per heavy atom. The molecule has 1 aliphatic rings. The van der Waals surface area contributed by atoms with Crippen LogP contribution in [0, 0.1) is 0 Å². The molecule has 0 radical (unpaired) electrons. The maximum Gasteiger partial charge on any atom is 0.416 e. The molecule has 2 heterocycles. The largest absolute Gasteiger partial charge is 0.444 e. The highest BCUT2D eigenvalue weighted by Gasteiger charge is 2.31. The fourth-order valence-corrected chi connectivity index (χ4v) is 5.10. The molecule has 0 unspecified atom stereocenters. The first kappa shape index (κ1) is 30.3. The van der Waals surface area contributed by atoms with E-state index in [4.69, 9.17) is 9.47 Å². The lowest BCUT2D eigenvalue weighted by Crippen LogP contribution is -2.32. The highest BCUT2D eigenvalue weighted by molar-refractivity contribution is 7.14. The quantitative estimate of drug-likeness (QED) is 0.307. The Balaban J connectivity index is 1.49. The third-order valence-corrected chi connectivity index (χ3v) is 7.37. The first-order valence-electron chi connectivity index (χ1n) is 13.1. The summed E-state index contributed by atoms with van der Waals surface area (Å²) >= 11 is 1.32. The van der Waals surface area contributed by atoms with Gasteiger partial charge < -0.3 is 20.1 Å². The van der Waals surface area contributed by atoms with Crippen molar-refractivity contribution in [2.24, 2.45) is 0 Å². The molecule has 7 nitrogen and oxygen atoms in total. The van der Waals surface area contributed by atoms with E-state index in [1.807, 2.05) is 13.0 Å². The second-order valence-corrected chi connectivity index (χ2v) is 11.7. The van der Waals surface area contributed by atoms with Crippen molar-refractivity contribution in [1.29, 1.82) is 0 Å². The van der Waals surface area contributed by atoms with Crippen molar-refractivity contribution in [3.8, 4) is 11.1 Å². The first-order chi connectivity index (χ1) is 19.3. The minimum atomic E-state index is -4.53. The van der Waals surface area contributed by atoms with Gasteiger partial charge in [-0.2, -0.15) is 13.2 Å². The third kappa shape index (κ3) is 8.17. The van der Waals surface area contributed by atoms with Crippen molar-refractivity contribution in [3.05, 3.63) is 81.3 Å². The molecule has 3 aromatic rings. The van der Waals surface area contributed by atoms with E-state index in [9.17, 15) is 22.8 Å². The van der Waals surface area contributed by atoms with Crippen LogP contribution in [0.25, 0.3) is 16.7 Å². The van der Waals surface area contributed by atoms with Crippen molar-refractivity contribution in [2.75, 3.05) is 13.2 Å². The molecule has 4 rings (SSSR count). The molecule has 0 saturated heterocycles. The summed E-state index contributed by atoms with van der Waals surface area (Å²) < 4.78 is 51.1. The molecular weight excluding hydrogens is 555 g/mol. The smallest absolute Gasteiger partial charge is 0.416 e. The molecule has 0 fully saturated rings. The molecule has 0 aliphatic carbocycles. The molecule has 218 valence electrons. The molecule has 2 aromatic carbocycles. The summed E-state index contributed by atoms with van der Waals surface area (Å²) in [6, 6.07) is 9.98. The number of halogens is 3. The van der Waals surface area contributed by atoms with Crippen LogP contribution in [0.15, 0.2) is 54.7 Å². The Hall–Kier alpha value is -3.70. The van der Waals surface area contributed by atoms with Crippen LogP contribution >= 0.6 is 11.3 Å². The molecule has 1 aliphatic heterocycles. The van der Waals surface area contributed by atoms with Crippen LogP contribution in [0.2, 0.25) is 0 Å². The standard InChI is InChI=1S/C30H32F3N3O4S/c1-18(36-26(37)25-17-34-27(41-25)21-11-13-39-14-12-21)19-5-7-20(8-6-19)24-15-23(30(31,32)33)10-9-22(24)16-35-28(38)40-29(2,3)4/h5-11,15,17-18H,12-14,16H2,1-4H3,(H,35,38)(H,36,37)/t18-/m1/s1. The average molecular weight is 588 g/mol. The minimum Gasteiger partial charge on any atom is -0.444 e. The number of carbonyl (C=O) groups is 2. The van der Waals surface area contributed by atoms with Gasteiger partial charge in [0.25, 0.3) is 5.91 Å². The number of thiazole rings is 1. The second-order valence-electron chi connectivity index (χ2n) is 10.6. The van der Waals surface area contributed by atoms with E-state index in [1.54, 1.807) is 51.2 Å². The van der Waals surface area contributed by atoms with Crippen LogP contribution in [-0.4, -0.2) is 35.8 Å². The zero-order valence-corrected chi connectivity index (χ0v) is 24.0. The Kier molecular flexibility index (Phi) is 9.18. The lowest BCUT2D eigenvalue weighted by atomic mass is 9.95. The Bertz CT molecular complexity index is 1430. The zero-order chi connectivity index (χ0) is 29.8. The van der Waals surface area contributed by atoms with E-state index in [1.165, 1.54) is 17.4 Å². The molecule has 1 atom stereocenters. The van der Waals surface area contributed by atoms with E-state index in [0.29, 0.717) is 34.8 Å². The van der Waals surface area contributed by atoms with Crippen LogP contribution in [0.5, 0.6) is 0 Å². The number of amides is 2. The molecule has 0 spiro atoms. The van der Waals surface area contributed by atoms with E-state index in [2.05, 4.69) is 15.6 Å². The number of alkyl halides is 3. The topological polar surface area (TPSA) is 89.5 Å². The van der Waals surface area contributed by atoms with E-state index >= 15 is 0 Å². The molecular formula is C30H32F3N3O4S. The van der Waals surface area contributed by atoms with E-state index in [0.717, 1.165) is 34.7 Å². The molecule has 1 aromatic heterocycles. The normalized spacial score (nSPS) is 14.7. The zero-order valence-electron chi connectivity index (χ0n) is 23.2. The van der Waals surface area contributed by atoms with Crippen LogP contribution in [0.4, 0.5) is 18.0 Å². The van der Waals surface area contributed by atoms with Gasteiger partial charge in [0.1, 0.15) is 15.5 Å². The van der Waals surface area contributed by atoms with Crippen molar-refractivity contribution >= 4 is 28.9 Å². The molecule has 0 saturated carbocycles. The van der Waals surface area contributed by atoms with Gasteiger partial charge in [-0.25, -0.2) is 9.78 Å². The molecule has 11 heteroatoms. The van der Waals surface area contributed by atoms with Gasteiger partial charge in [0.15, 0.2) is 0 Å². The molecule has 0 bridgehead atoms.